The van der Waals surface area contributed by atoms with Crippen molar-refractivity contribution in [2.45, 2.75) is 18.9 Å². The van der Waals surface area contributed by atoms with Crippen molar-refractivity contribution in [1.82, 2.24) is 4.90 Å². The normalized spacial score (nSPS) is 23.0. The summed E-state index contributed by atoms with van der Waals surface area (Å²) in [6.07, 6.45) is 4.61. The molecule has 70 valence electrons. The zero-order chi connectivity index (χ0) is 8.97. The number of likely N-dealkylation sites (N-methyl/N-ethyl adjacent to an activating group) is 1. The number of hydrogen-bond donors (Lipinski definition) is 1. The largest absolute Gasteiger partial charge is 0.370 e. The molecule has 0 aromatic rings. The standard InChI is InChI=1S/C8H17N3S/c1-11-7(4-3-5-12-2)6-10-8(11)9/h7H,3-6H2,1-2H3,(H2,9,10). The molecular formula is C8H17N3S. The molecule has 12 heavy (non-hydrogen) atoms. The van der Waals surface area contributed by atoms with Crippen LogP contribution in [0.2, 0.25) is 0 Å². The van der Waals surface area contributed by atoms with Crippen LogP contribution in [0.4, 0.5) is 0 Å². The van der Waals surface area contributed by atoms with Gasteiger partial charge in [-0.25, -0.2) is 0 Å². The van der Waals surface area contributed by atoms with Crippen molar-refractivity contribution in [2.75, 3.05) is 25.6 Å². The van der Waals surface area contributed by atoms with Crippen molar-refractivity contribution < 1.29 is 0 Å². The highest BCUT2D eigenvalue weighted by Crippen LogP contribution is 2.12. The van der Waals surface area contributed by atoms with Crippen LogP contribution in [0.15, 0.2) is 4.99 Å². The Balaban J connectivity index is 2.19. The molecule has 0 amide bonds. The average Bonchev–Trinajstić information content (AvgIpc) is 2.36. The van der Waals surface area contributed by atoms with Gasteiger partial charge in [-0.05, 0) is 24.9 Å². The van der Waals surface area contributed by atoms with E-state index in [1.165, 1.54) is 18.6 Å². The summed E-state index contributed by atoms with van der Waals surface area (Å²) in [5.41, 5.74) is 5.64. The Kier molecular flexibility index (Phi) is 3.72. The van der Waals surface area contributed by atoms with E-state index in [1.807, 2.05) is 18.8 Å². The van der Waals surface area contributed by atoms with Gasteiger partial charge in [0, 0.05) is 7.05 Å². The molecule has 0 spiro atoms. The smallest absolute Gasteiger partial charge is 0.191 e. The molecule has 1 rings (SSSR count). The predicted octanol–water partition coefficient (Wildman–Crippen LogP) is 0.758. The Labute approximate surface area is 78.4 Å². The van der Waals surface area contributed by atoms with E-state index in [-0.39, 0.29) is 0 Å². The highest BCUT2D eigenvalue weighted by atomic mass is 32.2. The molecule has 0 aromatic heterocycles. The molecule has 1 aliphatic rings. The van der Waals surface area contributed by atoms with Crippen LogP contribution >= 0.6 is 11.8 Å². The van der Waals surface area contributed by atoms with E-state index in [4.69, 9.17) is 5.73 Å². The van der Waals surface area contributed by atoms with Crippen molar-refractivity contribution in [3.05, 3.63) is 0 Å². The highest BCUT2D eigenvalue weighted by molar-refractivity contribution is 7.98. The molecule has 0 aliphatic carbocycles. The van der Waals surface area contributed by atoms with E-state index in [1.54, 1.807) is 0 Å². The van der Waals surface area contributed by atoms with Crippen molar-refractivity contribution >= 4 is 17.7 Å². The first kappa shape index (κ1) is 9.71. The first-order chi connectivity index (χ1) is 5.75. The van der Waals surface area contributed by atoms with Crippen LogP contribution in [-0.4, -0.2) is 42.5 Å². The summed E-state index contributed by atoms with van der Waals surface area (Å²) in [5, 5.41) is 0. The SMILES string of the molecule is CSCCCC1CN=C(N)N1C. The molecular weight excluding hydrogens is 170 g/mol. The fourth-order valence-electron chi connectivity index (χ4n) is 1.37. The molecule has 0 radical (unpaired) electrons. The second-order valence-corrected chi connectivity index (χ2v) is 4.08. The van der Waals surface area contributed by atoms with Crippen molar-refractivity contribution in [3.63, 3.8) is 0 Å². The summed E-state index contributed by atoms with van der Waals surface area (Å²) in [6.45, 7) is 0.886. The molecule has 2 N–H and O–H groups in total. The highest BCUT2D eigenvalue weighted by Gasteiger charge is 2.20. The molecule has 1 aliphatic heterocycles. The van der Waals surface area contributed by atoms with Crippen LogP contribution in [0.5, 0.6) is 0 Å². The van der Waals surface area contributed by atoms with Gasteiger partial charge in [0.25, 0.3) is 0 Å². The molecule has 0 saturated heterocycles. The number of aliphatic imine (C=N–C) groups is 1. The Morgan fingerprint density at radius 1 is 1.75 bits per heavy atom. The van der Waals surface area contributed by atoms with E-state index in [2.05, 4.69) is 16.1 Å². The molecule has 1 heterocycles. The van der Waals surface area contributed by atoms with Gasteiger partial charge in [0.05, 0.1) is 12.6 Å². The monoisotopic (exact) mass is 187 g/mol. The minimum Gasteiger partial charge on any atom is -0.370 e. The van der Waals surface area contributed by atoms with Gasteiger partial charge >= 0.3 is 0 Å². The Bertz CT molecular complexity index is 170. The Morgan fingerprint density at radius 3 is 3.00 bits per heavy atom. The Hall–Kier alpha value is -0.380. The lowest BCUT2D eigenvalue weighted by Crippen LogP contribution is -2.37. The minimum absolute atomic E-state index is 0.553. The molecule has 0 saturated carbocycles. The van der Waals surface area contributed by atoms with Gasteiger partial charge in [-0.1, -0.05) is 0 Å². The van der Waals surface area contributed by atoms with Crippen LogP contribution in [0.1, 0.15) is 12.8 Å². The third-order valence-electron chi connectivity index (χ3n) is 2.26. The van der Waals surface area contributed by atoms with Crippen molar-refractivity contribution in [3.8, 4) is 0 Å². The molecule has 0 fully saturated rings. The van der Waals surface area contributed by atoms with Crippen LogP contribution in [0.25, 0.3) is 0 Å². The fraction of sp³-hybridized carbons (Fsp3) is 0.875. The van der Waals surface area contributed by atoms with Crippen molar-refractivity contribution in [1.29, 1.82) is 0 Å². The molecule has 0 aromatic carbocycles. The third-order valence-corrected chi connectivity index (χ3v) is 2.96. The summed E-state index contributed by atoms with van der Waals surface area (Å²) in [6, 6.07) is 0.553. The van der Waals surface area contributed by atoms with Crippen LogP contribution in [-0.2, 0) is 0 Å². The van der Waals surface area contributed by atoms with Crippen LogP contribution in [0.3, 0.4) is 0 Å². The summed E-state index contributed by atoms with van der Waals surface area (Å²) in [5.74, 6) is 1.94. The van der Waals surface area contributed by atoms with Gasteiger partial charge in [0.1, 0.15) is 0 Å². The van der Waals surface area contributed by atoms with E-state index in [9.17, 15) is 0 Å². The fourth-order valence-corrected chi connectivity index (χ4v) is 1.82. The molecule has 1 atom stereocenters. The molecule has 3 nitrogen and oxygen atoms in total. The van der Waals surface area contributed by atoms with Gasteiger partial charge in [0.2, 0.25) is 0 Å². The number of rotatable bonds is 4. The second kappa shape index (κ2) is 4.60. The molecule has 4 heteroatoms. The summed E-state index contributed by atoms with van der Waals surface area (Å²) >= 11 is 1.90. The number of nitrogens with zero attached hydrogens (tertiary/aromatic N) is 2. The predicted molar refractivity (Wildman–Crippen MR) is 55.7 cm³/mol. The number of guanidine groups is 1. The lowest BCUT2D eigenvalue weighted by molar-refractivity contribution is 0.377. The van der Waals surface area contributed by atoms with E-state index < -0.39 is 0 Å². The third kappa shape index (κ3) is 2.30. The zero-order valence-corrected chi connectivity index (χ0v) is 8.60. The summed E-state index contributed by atoms with van der Waals surface area (Å²) in [7, 11) is 2.02. The second-order valence-electron chi connectivity index (χ2n) is 3.10. The van der Waals surface area contributed by atoms with Crippen LogP contribution < -0.4 is 5.73 Å². The number of thioether (sulfide) groups is 1. The van der Waals surface area contributed by atoms with Gasteiger partial charge in [-0.3, -0.25) is 4.99 Å². The van der Waals surface area contributed by atoms with E-state index >= 15 is 0 Å². The summed E-state index contributed by atoms with van der Waals surface area (Å²) in [4.78, 5) is 6.27. The molecule has 0 bridgehead atoms. The topological polar surface area (TPSA) is 41.6 Å². The maximum atomic E-state index is 5.64. The van der Waals surface area contributed by atoms with Gasteiger partial charge in [-0.15, -0.1) is 0 Å². The molecule has 1 unspecified atom stereocenters. The zero-order valence-electron chi connectivity index (χ0n) is 7.79. The number of nitrogens with two attached hydrogens (primary N) is 1. The van der Waals surface area contributed by atoms with E-state index in [0.29, 0.717) is 12.0 Å². The minimum atomic E-state index is 0.553. The van der Waals surface area contributed by atoms with Gasteiger partial charge in [-0.2, -0.15) is 11.8 Å². The van der Waals surface area contributed by atoms with Crippen molar-refractivity contribution in [2.24, 2.45) is 10.7 Å². The Morgan fingerprint density at radius 2 is 2.50 bits per heavy atom. The quantitative estimate of drug-likeness (QED) is 0.661. The summed E-state index contributed by atoms with van der Waals surface area (Å²) < 4.78 is 0. The maximum Gasteiger partial charge on any atom is 0.191 e. The lowest BCUT2D eigenvalue weighted by atomic mass is 10.1. The first-order valence-electron chi connectivity index (χ1n) is 4.27. The number of hydrogen-bond acceptors (Lipinski definition) is 4. The van der Waals surface area contributed by atoms with Gasteiger partial charge in [0.15, 0.2) is 5.96 Å². The first-order valence-corrected chi connectivity index (χ1v) is 5.66. The maximum absolute atomic E-state index is 5.64. The van der Waals surface area contributed by atoms with Gasteiger partial charge < -0.3 is 10.6 Å². The lowest BCUT2D eigenvalue weighted by Gasteiger charge is -2.20. The average molecular weight is 187 g/mol. The van der Waals surface area contributed by atoms with E-state index in [0.717, 1.165) is 6.54 Å². The van der Waals surface area contributed by atoms with Crippen LogP contribution in [0, 0.1) is 0 Å².